The van der Waals surface area contributed by atoms with Gasteiger partial charge >= 0.3 is 0 Å². The van der Waals surface area contributed by atoms with Gasteiger partial charge in [-0.3, -0.25) is 0 Å². The van der Waals surface area contributed by atoms with E-state index in [2.05, 4.69) is 24.4 Å². The lowest BCUT2D eigenvalue weighted by Gasteiger charge is -2.31. The van der Waals surface area contributed by atoms with Gasteiger partial charge in [0.05, 0.1) is 0 Å². The van der Waals surface area contributed by atoms with Gasteiger partial charge in [0, 0.05) is 0 Å². The zero-order valence-electron chi connectivity index (χ0n) is 11.1. The summed E-state index contributed by atoms with van der Waals surface area (Å²) in [4.78, 5) is 0. The molecular formula is C15H28S2. The van der Waals surface area contributed by atoms with Crippen LogP contribution < -0.4 is 0 Å². The third-order valence-corrected chi connectivity index (χ3v) is 6.93. The molecule has 0 aromatic carbocycles. The van der Waals surface area contributed by atoms with Gasteiger partial charge in [-0.1, -0.05) is 38.5 Å². The normalized spacial score (nSPS) is 25.9. The summed E-state index contributed by atoms with van der Waals surface area (Å²) in [6, 6.07) is 0. The van der Waals surface area contributed by atoms with Crippen LogP contribution in [0.25, 0.3) is 0 Å². The van der Waals surface area contributed by atoms with E-state index in [1.54, 1.807) is 0 Å². The van der Waals surface area contributed by atoms with Crippen molar-refractivity contribution in [3.63, 3.8) is 0 Å². The zero-order valence-corrected chi connectivity index (χ0v) is 12.8. The summed E-state index contributed by atoms with van der Waals surface area (Å²) in [6.45, 7) is 0. The molecule has 17 heavy (non-hydrogen) atoms. The molecule has 0 aliphatic heterocycles. The Bertz CT molecular complexity index is 201. The summed E-state index contributed by atoms with van der Waals surface area (Å²) >= 11 is 6.91. The summed E-state index contributed by atoms with van der Waals surface area (Å²) in [5, 5.41) is 0. The molecule has 2 heteroatoms. The van der Waals surface area contributed by atoms with Crippen molar-refractivity contribution in [2.45, 2.75) is 64.2 Å². The first kappa shape index (κ1) is 14.1. The molecule has 0 nitrogen and oxygen atoms in total. The summed E-state index contributed by atoms with van der Waals surface area (Å²) in [5.74, 6) is 4.97. The first-order valence-corrected chi connectivity index (χ1v) is 9.32. The first-order valence-electron chi connectivity index (χ1n) is 7.53. The van der Waals surface area contributed by atoms with Crippen LogP contribution in [0.15, 0.2) is 0 Å². The molecule has 2 fully saturated rings. The van der Waals surface area contributed by atoms with E-state index in [0.717, 1.165) is 11.7 Å². The maximum atomic E-state index is 4.67. The van der Waals surface area contributed by atoms with Gasteiger partial charge in [0.15, 0.2) is 0 Å². The summed E-state index contributed by atoms with van der Waals surface area (Å²) in [5.41, 5.74) is 0.586. The Morgan fingerprint density at radius 2 is 1.59 bits per heavy atom. The van der Waals surface area contributed by atoms with Crippen LogP contribution in [0.5, 0.6) is 0 Å². The van der Waals surface area contributed by atoms with Crippen LogP contribution in [0, 0.1) is 11.3 Å². The monoisotopic (exact) mass is 272 g/mol. The zero-order chi connectivity index (χ0) is 12.0. The fourth-order valence-corrected chi connectivity index (χ4v) is 5.63. The predicted octanol–water partition coefficient (Wildman–Crippen LogP) is 5.18. The van der Waals surface area contributed by atoms with E-state index in [1.165, 1.54) is 75.7 Å². The maximum absolute atomic E-state index is 4.67. The molecule has 0 radical (unpaired) electrons. The van der Waals surface area contributed by atoms with Crippen molar-refractivity contribution in [2.24, 2.45) is 11.3 Å². The van der Waals surface area contributed by atoms with Crippen molar-refractivity contribution in [1.82, 2.24) is 0 Å². The molecule has 2 rings (SSSR count). The molecule has 2 aliphatic rings. The number of thiol groups is 1. The van der Waals surface area contributed by atoms with Crippen molar-refractivity contribution in [1.29, 1.82) is 0 Å². The van der Waals surface area contributed by atoms with E-state index in [-0.39, 0.29) is 0 Å². The van der Waals surface area contributed by atoms with Crippen molar-refractivity contribution in [3.05, 3.63) is 0 Å². The highest BCUT2D eigenvalue weighted by molar-refractivity contribution is 7.99. The quantitative estimate of drug-likeness (QED) is 0.531. The molecular weight excluding hydrogens is 244 g/mol. The van der Waals surface area contributed by atoms with Crippen LogP contribution in [0.2, 0.25) is 0 Å². The lowest BCUT2D eigenvalue weighted by molar-refractivity contribution is 0.332. The summed E-state index contributed by atoms with van der Waals surface area (Å²) in [7, 11) is 0. The van der Waals surface area contributed by atoms with E-state index >= 15 is 0 Å². The second-order valence-corrected chi connectivity index (χ2v) is 7.58. The van der Waals surface area contributed by atoms with Crippen LogP contribution in [-0.4, -0.2) is 17.3 Å². The Balaban J connectivity index is 1.73. The largest absolute Gasteiger partial charge is 0.179 e. The van der Waals surface area contributed by atoms with Crippen molar-refractivity contribution in [3.8, 4) is 0 Å². The van der Waals surface area contributed by atoms with Crippen LogP contribution in [0.3, 0.4) is 0 Å². The van der Waals surface area contributed by atoms with E-state index in [4.69, 9.17) is 0 Å². The highest BCUT2D eigenvalue weighted by atomic mass is 32.2. The smallest absolute Gasteiger partial charge is 0.000289 e. The van der Waals surface area contributed by atoms with Gasteiger partial charge in [-0.05, 0) is 54.3 Å². The van der Waals surface area contributed by atoms with Gasteiger partial charge in [-0.25, -0.2) is 0 Å². The predicted molar refractivity (Wildman–Crippen MR) is 83.3 cm³/mol. The highest BCUT2D eigenvalue weighted by Gasteiger charge is 2.29. The van der Waals surface area contributed by atoms with Gasteiger partial charge in [-0.2, -0.15) is 24.4 Å². The fraction of sp³-hybridized carbons (Fsp3) is 1.00. The highest BCUT2D eigenvalue weighted by Crippen LogP contribution is 2.40. The van der Waals surface area contributed by atoms with Gasteiger partial charge < -0.3 is 0 Å². The number of thioether (sulfide) groups is 1. The molecule has 0 atom stereocenters. The van der Waals surface area contributed by atoms with Gasteiger partial charge in [-0.15, -0.1) is 0 Å². The minimum atomic E-state index is 0.586. The Labute approximate surface area is 117 Å². The average molecular weight is 273 g/mol. The summed E-state index contributed by atoms with van der Waals surface area (Å²) < 4.78 is 0. The van der Waals surface area contributed by atoms with Crippen molar-refractivity contribution < 1.29 is 0 Å². The van der Waals surface area contributed by atoms with Crippen LogP contribution in [0.1, 0.15) is 64.2 Å². The molecule has 2 saturated carbocycles. The molecule has 0 aromatic heterocycles. The molecule has 0 unspecified atom stereocenters. The Morgan fingerprint density at radius 3 is 2.18 bits per heavy atom. The Hall–Kier alpha value is 0.700. The lowest BCUT2D eigenvalue weighted by Crippen LogP contribution is -2.25. The van der Waals surface area contributed by atoms with Gasteiger partial charge in [0.1, 0.15) is 0 Å². The third-order valence-electron chi connectivity index (χ3n) is 4.74. The van der Waals surface area contributed by atoms with Crippen LogP contribution in [-0.2, 0) is 0 Å². The van der Waals surface area contributed by atoms with Gasteiger partial charge in [0.25, 0.3) is 0 Å². The van der Waals surface area contributed by atoms with Crippen molar-refractivity contribution >= 4 is 24.4 Å². The van der Waals surface area contributed by atoms with Crippen LogP contribution >= 0.6 is 24.4 Å². The number of rotatable bonds is 5. The SMILES string of the molecule is SCC1(CSCC2CCCC2)CCCCCC1. The fourth-order valence-electron chi connectivity index (χ4n) is 3.45. The molecule has 0 heterocycles. The standard InChI is InChI=1S/C15H28S2/c16-12-15(9-5-1-2-6-10-15)13-17-11-14-7-3-4-8-14/h14,16H,1-13H2. The second-order valence-electron chi connectivity index (χ2n) is 6.24. The molecule has 0 spiro atoms. The Kier molecular flexibility index (Phi) is 6.09. The maximum Gasteiger partial charge on any atom is -0.000289 e. The van der Waals surface area contributed by atoms with E-state index < -0.39 is 0 Å². The average Bonchev–Trinajstić information content (AvgIpc) is 2.75. The molecule has 2 aliphatic carbocycles. The molecule has 0 amide bonds. The summed E-state index contributed by atoms with van der Waals surface area (Å²) in [6.07, 6.45) is 14.7. The Morgan fingerprint density at radius 1 is 0.941 bits per heavy atom. The number of hydrogen-bond acceptors (Lipinski definition) is 2. The lowest BCUT2D eigenvalue weighted by atomic mass is 9.84. The topological polar surface area (TPSA) is 0 Å². The molecule has 0 N–H and O–H groups in total. The number of hydrogen-bond donors (Lipinski definition) is 1. The minimum Gasteiger partial charge on any atom is -0.179 e. The molecule has 100 valence electrons. The molecule has 0 saturated heterocycles. The van der Waals surface area contributed by atoms with Crippen molar-refractivity contribution in [2.75, 3.05) is 17.3 Å². The van der Waals surface area contributed by atoms with Crippen LogP contribution in [0.4, 0.5) is 0 Å². The minimum absolute atomic E-state index is 0.586. The first-order chi connectivity index (χ1) is 8.35. The molecule has 0 bridgehead atoms. The van der Waals surface area contributed by atoms with E-state index in [1.807, 2.05) is 0 Å². The van der Waals surface area contributed by atoms with E-state index in [0.29, 0.717) is 5.41 Å². The van der Waals surface area contributed by atoms with Gasteiger partial charge in [0.2, 0.25) is 0 Å². The molecule has 0 aromatic rings. The second kappa shape index (κ2) is 7.33. The third kappa shape index (κ3) is 4.38. The van der Waals surface area contributed by atoms with E-state index in [9.17, 15) is 0 Å².